The lowest BCUT2D eigenvalue weighted by atomic mass is 10.1. The first-order valence-electron chi connectivity index (χ1n) is 11.8. The molecule has 1 saturated heterocycles. The Morgan fingerprint density at radius 1 is 1.00 bits per heavy atom. The molecule has 0 radical (unpaired) electrons. The number of rotatable bonds is 4. The number of amides is 3. The lowest BCUT2D eigenvalue weighted by Crippen LogP contribution is -2.49. The van der Waals surface area contributed by atoms with E-state index in [-0.39, 0.29) is 49.0 Å². The maximum atomic E-state index is 13.7. The van der Waals surface area contributed by atoms with Crippen LogP contribution in [0.25, 0.3) is 0 Å². The van der Waals surface area contributed by atoms with E-state index in [1.54, 1.807) is 20.7 Å². The SMILES string of the molecule is O=C1CC(c2ncc(F)cn2)CN1c1cnn2c1CN(C(=O)Nc1cc(F)c(F)c(F)c1)C(C1CC1)C2. The number of carbonyl (C=O) groups is 2. The van der Waals surface area contributed by atoms with Crippen LogP contribution in [-0.4, -0.2) is 49.2 Å². The van der Waals surface area contributed by atoms with E-state index >= 15 is 0 Å². The molecule has 3 aliphatic rings. The van der Waals surface area contributed by atoms with Crippen molar-refractivity contribution in [2.45, 2.75) is 44.3 Å². The van der Waals surface area contributed by atoms with Crippen LogP contribution in [0.1, 0.15) is 36.7 Å². The van der Waals surface area contributed by atoms with Crippen LogP contribution in [0.2, 0.25) is 0 Å². The molecule has 2 aliphatic heterocycles. The number of carbonyl (C=O) groups excluding carboxylic acids is 2. The van der Waals surface area contributed by atoms with E-state index in [9.17, 15) is 27.2 Å². The molecule has 192 valence electrons. The van der Waals surface area contributed by atoms with Gasteiger partial charge in [0.1, 0.15) is 5.82 Å². The van der Waals surface area contributed by atoms with E-state index in [1.165, 1.54) is 0 Å². The Morgan fingerprint density at radius 2 is 1.70 bits per heavy atom. The van der Waals surface area contributed by atoms with Crippen molar-refractivity contribution < 1.29 is 27.2 Å². The van der Waals surface area contributed by atoms with Gasteiger partial charge in [-0.05, 0) is 18.8 Å². The van der Waals surface area contributed by atoms with Crippen molar-refractivity contribution in [3.8, 4) is 0 Å². The Labute approximate surface area is 208 Å². The highest BCUT2D eigenvalue weighted by Crippen LogP contribution is 2.41. The Hall–Kier alpha value is -4.03. The summed E-state index contributed by atoms with van der Waals surface area (Å²) in [7, 11) is 0. The normalized spacial score (nSPS) is 21.4. The summed E-state index contributed by atoms with van der Waals surface area (Å²) in [5.41, 5.74) is 0.977. The van der Waals surface area contributed by atoms with Crippen LogP contribution in [0.15, 0.2) is 30.7 Å². The van der Waals surface area contributed by atoms with Gasteiger partial charge in [-0.3, -0.25) is 9.48 Å². The molecule has 0 spiro atoms. The molecule has 3 amide bonds. The van der Waals surface area contributed by atoms with E-state index in [1.807, 2.05) is 0 Å². The zero-order valence-electron chi connectivity index (χ0n) is 19.4. The summed E-state index contributed by atoms with van der Waals surface area (Å²) in [4.78, 5) is 37.3. The van der Waals surface area contributed by atoms with Crippen LogP contribution in [-0.2, 0) is 17.9 Å². The highest BCUT2D eigenvalue weighted by molar-refractivity contribution is 5.97. The summed E-state index contributed by atoms with van der Waals surface area (Å²) in [5, 5.41) is 6.93. The summed E-state index contributed by atoms with van der Waals surface area (Å²) >= 11 is 0. The van der Waals surface area contributed by atoms with E-state index < -0.39 is 29.3 Å². The number of halogens is 4. The van der Waals surface area contributed by atoms with Crippen LogP contribution < -0.4 is 10.2 Å². The molecule has 3 aromatic rings. The zero-order chi connectivity index (χ0) is 25.8. The second-order valence-electron chi connectivity index (χ2n) is 9.54. The first-order chi connectivity index (χ1) is 17.8. The number of aromatic nitrogens is 4. The minimum atomic E-state index is -1.61. The van der Waals surface area contributed by atoms with Crippen molar-refractivity contribution in [1.29, 1.82) is 0 Å². The molecule has 2 aromatic heterocycles. The number of urea groups is 1. The molecule has 9 nitrogen and oxygen atoms in total. The zero-order valence-corrected chi connectivity index (χ0v) is 19.4. The van der Waals surface area contributed by atoms with Gasteiger partial charge in [-0.1, -0.05) is 0 Å². The van der Waals surface area contributed by atoms with Crippen molar-refractivity contribution in [2.24, 2.45) is 5.92 Å². The Balaban J connectivity index is 1.25. The first kappa shape index (κ1) is 23.4. The maximum Gasteiger partial charge on any atom is 0.322 e. The fourth-order valence-electron chi connectivity index (χ4n) is 5.08. The van der Waals surface area contributed by atoms with Crippen LogP contribution in [0, 0.1) is 29.2 Å². The quantitative estimate of drug-likeness (QED) is 0.423. The first-order valence-corrected chi connectivity index (χ1v) is 11.8. The number of anilines is 2. The Morgan fingerprint density at radius 3 is 2.38 bits per heavy atom. The molecule has 6 rings (SSSR count). The van der Waals surface area contributed by atoms with Gasteiger partial charge in [-0.15, -0.1) is 0 Å². The van der Waals surface area contributed by atoms with Crippen LogP contribution in [0.5, 0.6) is 0 Å². The third-order valence-electron chi connectivity index (χ3n) is 7.09. The third-order valence-corrected chi connectivity index (χ3v) is 7.09. The van der Waals surface area contributed by atoms with E-state index in [0.29, 0.717) is 23.8 Å². The van der Waals surface area contributed by atoms with Gasteiger partial charge in [-0.2, -0.15) is 5.10 Å². The van der Waals surface area contributed by atoms with Crippen molar-refractivity contribution in [3.05, 3.63) is 65.5 Å². The molecule has 1 aromatic carbocycles. The molecule has 37 heavy (non-hydrogen) atoms. The number of nitrogens with zero attached hydrogens (tertiary/aromatic N) is 6. The summed E-state index contributed by atoms with van der Waals surface area (Å²) in [5.74, 6) is -4.86. The van der Waals surface area contributed by atoms with Gasteiger partial charge in [0.2, 0.25) is 5.91 Å². The van der Waals surface area contributed by atoms with E-state index in [2.05, 4.69) is 20.4 Å². The molecular formula is C24H21F4N7O2. The van der Waals surface area contributed by atoms with Crippen LogP contribution in [0.4, 0.5) is 33.7 Å². The van der Waals surface area contributed by atoms with Gasteiger partial charge in [0.25, 0.3) is 0 Å². The number of nitrogens with one attached hydrogen (secondary N) is 1. The minimum absolute atomic E-state index is 0.107. The Bertz CT molecular complexity index is 1370. The molecule has 1 saturated carbocycles. The molecule has 2 atom stereocenters. The van der Waals surface area contributed by atoms with Crippen LogP contribution >= 0.6 is 0 Å². The van der Waals surface area contributed by atoms with Gasteiger partial charge in [-0.25, -0.2) is 32.3 Å². The van der Waals surface area contributed by atoms with Crippen LogP contribution in [0.3, 0.4) is 0 Å². The van der Waals surface area contributed by atoms with Crippen molar-refractivity contribution >= 4 is 23.3 Å². The predicted octanol–water partition coefficient (Wildman–Crippen LogP) is 3.58. The van der Waals surface area contributed by atoms with E-state index in [4.69, 9.17) is 0 Å². The van der Waals surface area contributed by atoms with Crippen molar-refractivity contribution in [3.63, 3.8) is 0 Å². The second kappa shape index (κ2) is 8.82. The average molecular weight is 515 g/mol. The van der Waals surface area contributed by atoms with Gasteiger partial charge in [0.05, 0.1) is 49.1 Å². The fourth-order valence-corrected chi connectivity index (χ4v) is 5.08. The van der Waals surface area contributed by atoms with Crippen molar-refractivity contribution in [2.75, 3.05) is 16.8 Å². The highest BCUT2D eigenvalue weighted by Gasteiger charge is 2.43. The minimum Gasteiger partial charge on any atom is -0.313 e. The smallest absolute Gasteiger partial charge is 0.313 e. The number of hydrogen-bond acceptors (Lipinski definition) is 5. The molecule has 2 fully saturated rings. The molecular weight excluding hydrogens is 494 g/mol. The van der Waals surface area contributed by atoms with E-state index in [0.717, 1.165) is 37.4 Å². The van der Waals surface area contributed by atoms with Gasteiger partial charge < -0.3 is 15.1 Å². The summed E-state index contributed by atoms with van der Waals surface area (Å²) in [6.07, 6.45) is 5.71. The average Bonchev–Trinajstić information content (AvgIpc) is 3.53. The molecule has 2 unspecified atom stereocenters. The summed E-state index contributed by atoms with van der Waals surface area (Å²) in [6.45, 7) is 0.775. The lowest BCUT2D eigenvalue weighted by molar-refractivity contribution is -0.117. The third kappa shape index (κ3) is 4.27. The number of benzene rings is 1. The molecule has 4 heterocycles. The predicted molar refractivity (Wildman–Crippen MR) is 121 cm³/mol. The number of hydrogen-bond donors (Lipinski definition) is 1. The Kier molecular flexibility index (Phi) is 5.57. The standard InChI is InChI=1S/C24H21F4N7O2/c25-14-6-29-23(30-7-14)13-3-21(36)33(9-13)18-8-31-35-11-19(12-1-2-12)34(10-20(18)35)24(37)32-15-4-16(26)22(28)17(27)5-15/h4-8,12-13,19H,1-3,9-11H2,(H,32,37). The molecule has 1 N–H and O–H groups in total. The second-order valence-corrected chi connectivity index (χ2v) is 9.54. The van der Waals surface area contributed by atoms with Gasteiger partial charge in [0, 0.05) is 36.7 Å². The lowest BCUT2D eigenvalue weighted by Gasteiger charge is -2.37. The van der Waals surface area contributed by atoms with Gasteiger partial charge >= 0.3 is 6.03 Å². The molecule has 1 aliphatic carbocycles. The highest BCUT2D eigenvalue weighted by atomic mass is 19.2. The van der Waals surface area contributed by atoms with Gasteiger partial charge in [0.15, 0.2) is 23.3 Å². The molecule has 0 bridgehead atoms. The summed E-state index contributed by atoms with van der Waals surface area (Å²) < 4.78 is 55.7. The summed E-state index contributed by atoms with van der Waals surface area (Å²) in [6, 6.07) is 0.654. The largest absolute Gasteiger partial charge is 0.322 e. The van der Waals surface area contributed by atoms with Crippen molar-refractivity contribution in [1.82, 2.24) is 24.6 Å². The molecule has 13 heteroatoms. The fraction of sp³-hybridized carbons (Fsp3) is 0.375. The topological polar surface area (TPSA) is 96.2 Å². The number of fused-ring (bicyclic) bond motifs is 1. The monoisotopic (exact) mass is 515 g/mol. The maximum absolute atomic E-state index is 13.7.